The lowest BCUT2D eigenvalue weighted by atomic mass is 10.0. The molecule has 0 aromatic heterocycles. The van der Waals surface area contributed by atoms with Gasteiger partial charge in [0.2, 0.25) is 11.8 Å². The standard InChI is InChI=1S/C15H22N2O2/c1-11(2)10-16-15(19)14(17-12(3)18)9-13-7-5-4-6-8-13/h4-8,11,14H,9-10H2,1-3H3,(H,16,19)(H,17,18). The summed E-state index contributed by atoms with van der Waals surface area (Å²) in [4.78, 5) is 23.3. The molecule has 0 radical (unpaired) electrons. The molecule has 2 N–H and O–H groups in total. The van der Waals surface area contributed by atoms with E-state index in [1.807, 2.05) is 44.2 Å². The highest BCUT2D eigenvalue weighted by molar-refractivity contribution is 5.87. The Kier molecular flexibility index (Phi) is 6.06. The lowest BCUT2D eigenvalue weighted by molar-refractivity contribution is -0.128. The minimum absolute atomic E-state index is 0.132. The summed E-state index contributed by atoms with van der Waals surface area (Å²) in [5.41, 5.74) is 1.03. The molecule has 0 heterocycles. The summed E-state index contributed by atoms with van der Waals surface area (Å²) >= 11 is 0. The number of amides is 2. The maximum absolute atomic E-state index is 12.1. The molecule has 19 heavy (non-hydrogen) atoms. The molecule has 1 aromatic carbocycles. The minimum Gasteiger partial charge on any atom is -0.354 e. The molecule has 0 saturated carbocycles. The topological polar surface area (TPSA) is 58.2 Å². The Hall–Kier alpha value is -1.84. The van der Waals surface area contributed by atoms with Crippen molar-refractivity contribution in [1.82, 2.24) is 10.6 Å². The quantitative estimate of drug-likeness (QED) is 0.816. The van der Waals surface area contributed by atoms with Gasteiger partial charge in [-0.25, -0.2) is 0 Å². The van der Waals surface area contributed by atoms with E-state index in [9.17, 15) is 9.59 Å². The first-order valence-electron chi connectivity index (χ1n) is 6.57. The molecule has 1 atom stereocenters. The second kappa shape index (κ2) is 7.56. The first-order chi connectivity index (χ1) is 8.99. The van der Waals surface area contributed by atoms with Gasteiger partial charge in [-0.1, -0.05) is 44.2 Å². The molecule has 104 valence electrons. The van der Waals surface area contributed by atoms with Crippen molar-refractivity contribution in [2.45, 2.75) is 33.2 Å². The molecule has 0 spiro atoms. The Morgan fingerprint density at radius 3 is 2.32 bits per heavy atom. The first kappa shape index (κ1) is 15.2. The SMILES string of the molecule is CC(=O)NC(Cc1ccccc1)C(=O)NCC(C)C. The van der Waals surface area contributed by atoms with Crippen LogP contribution in [0.3, 0.4) is 0 Å². The highest BCUT2D eigenvalue weighted by Gasteiger charge is 2.19. The van der Waals surface area contributed by atoms with Gasteiger partial charge in [0.05, 0.1) is 0 Å². The molecule has 1 unspecified atom stereocenters. The molecule has 4 heteroatoms. The summed E-state index contributed by atoms with van der Waals surface area (Å²) in [7, 11) is 0. The van der Waals surface area contributed by atoms with Crippen LogP contribution in [-0.4, -0.2) is 24.4 Å². The molecular formula is C15H22N2O2. The van der Waals surface area contributed by atoms with E-state index >= 15 is 0 Å². The van der Waals surface area contributed by atoms with Gasteiger partial charge >= 0.3 is 0 Å². The van der Waals surface area contributed by atoms with Crippen molar-refractivity contribution in [3.8, 4) is 0 Å². The van der Waals surface area contributed by atoms with Crippen LogP contribution in [0.5, 0.6) is 0 Å². The third-order valence-electron chi connectivity index (χ3n) is 2.66. The van der Waals surface area contributed by atoms with Gasteiger partial charge in [0.15, 0.2) is 0 Å². The normalized spacial score (nSPS) is 12.0. The average Bonchev–Trinajstić information content (AvgIpc) is 2.36. The highest BCUT2D eigenvalue weighted by Crippen LogP contribution is 2.04. The number of hydrogen-bond acceptors (Lipinski definition) is 2. The fourth-order valence-electron chi connectivity index (χ4n) is 1.73. The Morgan fingerprint density at radius 2 is 1.79 bits per heavy atom. The minimum atomic E-state index is -0.515. The zero-order valence-electron chi connectivity index (χ0n) is 11.8. The van der Waals surface area contributed by atoms with Crippen LogP contribution in [0.15, 0.2) is 30.3 Å². The predicted molar refractivity (Wildman–Crippen MR) is 75.6 cm³/mol. The Labute approximate surface area is 114 Å². The third kappa shape index (κ3) is 6.04. The fraction of sp³-hybridized carbons (Fsp3) is 0.467. The molecular weight excluding hydrogens is 240 g/mol. The Morgan fingerprint density at radius 1 is 1.16 bits per heavy atom. The summed E-state index contributed by atoms with van der Waals surface area (Å²) in [6.45, 7) is 6.10. The van der Waals surface area contributed by atoms with E-state index in [1.54, 1.807) is 0 Å². The van der Waals surface area contributed by atoms with Crippen molar-refractivity contribution in [1.29, 1.82) is 0 Å². The zero-order chi connectivity index (χ0) is 14.3. The molecule has 0 aliphatic heterocycles. The summed E-state index contributed by atoms with van der Waals surface area (Å²) in [5.74, 6) is 0.0621. The number of carbonyl (C=O) groups is 2. The van der Waals surface area contributed by atoms with E-state index in [0.717, 1.165) is 5.56 Å². The summed E-state index contributed by atoms with van der Waals surface area (Å²) < 4.78 is 0. The van der Waals surface area contributed by atoms with Gasteiger partial charge in [0.25, 0.3) is 0 Å². The molecule has 1 aromatic rings. The molecule has 0 aliphatic carbocycles. The van der Waals surface area contributed by atoms with Crippen molar-refractivity contribution >= 4 is 11.8 Å². The maximum atomic E-state index is 12.1. The van der Waals surface area contributed by atoms with Crippen LogP contribution in [0.4, 0.5) is 0 Å². The van der Waals surface area contributed by atoms with E-state index in [-0.39, 0.29) is 11.8 Å². The molecule has 4 nitrogen and oxygen atoms in total. The number of hydrogen-bond donors (Lipinski definition) is 2. The van der Waals surface area contributed by atoms with Crippen molar-refractivity contribution in [2.75, 3.05) is 6.54 Å². The first-order valence-corrected chi connectivity index (χ1v) is 6.57. The number of benzene rings is 1. The predicted octanol–water partition coefficient (Wildman–Crippen LogP) is 1.51. The number of carbonyl (C=O) groups excluding carboxylic acids is 2. The van der Waals surface area contributed by atoms with Gasteiger partial charge in [0.1, 0.15) is 6.04 Å². The zero-order valence-corrected chi connectivity index (χ0v) is 11.8. The molecule has 2 amide bonds. The Bertz CT molecular complexity index is 415. The molecule has 0 saturated heterocycles. The summed E-state index contributed by atoms with van der Waals surface area (Å²) in [5, 5.41) is 5.56. The van der Waals surface area contributed by atoms with E-state index in [0.29, 0.717) is 18.9 Å². The van der Waals surface area contributed by atoms with Crippen molar-refractivity contribution in [2.24, 2.45) is 5.92 Å². The second-order valence-electron chi connectivity index (χ2n) is 5.08. The van der Waals surface area contributed by atoms with Crippen molar-refractivity contribution in [3.05, 3.63) is 35.9 Å². The van der Waals surface area contributed by atoms with Crippen LogP contribution in [0.25, 0.3) is 0 Å². The lowest BCUT2D eigenvalue weighted by Crippen LogP contribution is -2.48. The van der Waals surface area contributed by atoms with Gasteiger partial charge in [-0.2, -0.15) is 0 Å². The highest BCUT2D eigenvalue weighted by atomic mass is 16.2. The van der Waals surface area contributed by atoms with E-state index in [1.165, 1.54) is 6.92 Å². The fourth-order valence-corrected chi connectivity index (χ4v) is 1.73. The average molecular weight is 262 g/mol. The van der Waals surface area contributed by atoms with Gasteiger partial charge < -0.3 is 10.6 Å². The van der Waals surface area contributed by atoms with Gasteiger partial charge in [-0.05, 0) is 11.5 Å². The van der Waals surface area contributed by atoms with E-state index in [2.05, 4.69) is 10.6 Å². The van der Waals surface area contributed by atoms with Crippen LogP contribution >= 0.6 is 0 Å². The van der Waals surface area contributed by atoms with Crippen molar-refractivity contribution in [3.63, 3.8) is 0 Å². The number of rotatable bonds is 6. The van der Waals surface area contributed by atoms with Crippen LogP contribution < -0.4 is 10.6 Å². The third-order valence-corrected chi connectivity index (χ3v) is 2.66. The summed E-state index contributed by atoms with van der Waals surface area (Å²) in [6.07, 6.45) is 0.504. The van der Waals surface area contributed by atoms with Gasteiger partial charge in [-0.15, -0.1) is 0 Å². The molecule has 0 aliphatic rings. The summed E-state index contributed by atoms with van der Waals surface area (Å²) in [6, 6.07) is 9.15. The lowest BCUT2D eigenvalue weighted by Gasteiger charge is -2.18. The molecule has 0 bridgehead atoms. The smallest absolute Gasteiger partial charge is 0.242 e. The Balaban J connectivity index is 2.66. The number of nitrogens with one attached hydrogen (secondary N) is 2. The largest absolute Gasteiger partial charge is 0.354 e. The van der Waals surface area contributed by atoms with Gasteiger partial charge in [-0.3, -0.25) is 9.59 Å². The van der Waals surface area contributed by atoms with E-state index in [4.69, 9.17) is 0 Å². The maximum Gasteiger partial charge on any atom is 0.242 e. The van der Waals surface area contributed by atoms with Crippen LogP contribution in [0, 0.1) is 5.92 Å². The van der Waals surface area contributed by atoms with E-state index < -0.39 is 6.04 Å². The van der Waals surface area contributed by atoms with Crippen LogP contribution in [-0.2, 0) is 16.0 Å². The molecule has 0 fully saturated rings. The van der Waals surface area contributed by atoms with Crippen LogP contribution in [0.1, 0.15) is 26.3 Å². The molecule has 1 rings (SSSR count). The van der Waals surface area contributed by atoms with Gasteiger partial charge in [0, 0.05) is 19.9 Å². The monoisotopic (exact) mass is 262 g/mol. The van der Waals surface area contributed by atoms with Crippen molar-refractivity contribution < 1.29 is 9.59 Å². The van der Waals surface area contributed by atoms with Crippen LogP contribution in [0.2, 0.25) is 0 Å². The second-order valence-corrected chi connectivity index (χ2v) is 5.08.